The van der Waals surface area contributed by atoms with Crippen molar-refractivity contribution in [2.75, 3.05) is 19.5 Å². The zero-order chi connectivity index (χ0) is 19.0. The smallest absolute Gasteiger partial charge is 0.337 e. The molecule has 9 heteroatoms. The number of ether oxygens (including phenoxy) is 2. The Kier molecular flexibility index (Phi) is 7.16. The van der Waals surface area contributed by atoms with E-state index in [-0.39, 0.29) is 13.0 Å². The number of nitrogens with zero attached hydrogens (tertiary/aromatic N) is 1. The lowest BCUT2D eigenvalue weighted by molar-refractivity contribution is -0.151. The van der Waals surface area contributed by atoms with E-state index in [1.165, 1.54) is 6.26 Å². The first kappa shape index (κ1) is 19.9. The fourth-order valence-electron chi connectivity index (χ4n) is 2.17. The third-order valence-electron chi connectivity index (χ3n) is 3.25. The Morgan fingerprint density at radius 3 is 2.58 bits per heavy atom. The van der Waals surface area contributed by atoms with Gasteiger partial charge in [0.15, 0.2) is 12.0 Å². The van der Waals surface area contributed by atoms with Crippen molar-refractivity contribution in [1.29, 1.82) is 0 Å². The highest BCUT2D eigenvalue weighted by Gasteiger charge is 2.25. The predicted octanol–water partition coefficient (Wildman–Crippen LogP) is 1.75. The molecule has 26 heavy (non-hydrogen) atoms. The lowest BCUT2D eigenvalue weighted by Crippen LogP contribution is -2.31. The van der Waals surface area contributed by atoms with Crippen LogP contribution in [0, 0.1) is 0 Å². The number of oxazole rings is 1. The van der Waals surface area contributed by atoms with Gasteiger partial charge in [0.05, 0.1) is 32.1 Å². The molecule has 1 atom stereocenters. The van der Waals surface area contributed by atoms with Crippen molar-refractivity contribution in [2.24, 2.45) is 0 Å². The van der Waals surface area contributed by atoms with Gasteiger partial charge in [-0.3, -0.25) is 4.18 Å². The molecular formula is C17H21NO7S. The standard InChI is InChI=1S/C17H21NO7S/c1-3-22-17(19)15(25-26(2,20)21)12-13-4-6-14(7-5-13)23-10-8-16-18-9-11-24-16/h4-7,9,11,15H,3,8,10,12H2,1-2H3. The second-order valence-corrected chi connectivity index (χ2v) is 7.01. The number of aromatic nitrogens is 1. The van der Waals surface area contributed by atoms with Gasteiger partial charge in [0.1, 0.15) is 12.0 Å². The fourth-order valence-corrected chi connectivity index (χ4v) is 2.74. The first-order valence-corrected chi connectivity index (χ1v) is 9.84. The Labute approximate surface area is 152 Å². The van der Waals surface area contributed by atoms with Crippen LogP contribution < -0.4 is 4.74 Å². The minimum Gasteiger partial charge on any atom is -0.493 e. The lowest BCUT2D eigenvalue weighted by atomic mass is 10.1. The molecule has 0 N–H and O–H groups in total. The second-order valence-electron chi connectivity index (χ2n) is 5.41. The first-order chi connectivity index (χ1) is 12.4. The van der Waals surface area contributed by atoms with Gasteiger partial charge in [0.2, 0.25) is 0 Å². The lowest BCUT2D eigenvalue weighted by Gasteiger charge is -2.15. The van der Waals surface area contributed by atoms with Gasteiger partial charge in [-0.25, -0.2) is 9.78 Å². The monoisotopic (exact) mass is 383 g/mol. The third kappa shape index (κ3) is 6.85. The van der Waals surface area contributed by atoms with Gasteiger partial charge < -0.3 is 13.9 Å². The molecule has 0 saturated heterocycles. The summed E-state index contributed by atoms with van der Waals surface area (Å²) < 4.78 is 43.1. The minimum atomic E-state index is -3.79. The minimum absolute atomic E-state index is 0.0719. The Hall–Kier alpha value is -2.39. The van der Waals surface area contributed by atoms with E-state index in [4.69, 9.17) is 18.1 Å². The van der Waals surface area contributed by atoms with E-state index in [1.807, 2.05) is 0 Å². The van der Waals surface area contributed by atoms with Crippen molar-refractivity contribution in [3.8, 4) is 5.75 Å². The summed E-state index contributed by atoms with van der Waals surface area (Å²) in [6.45, 7) is 2.18. The van der Waals surface area contributed by atoms with E-state index in [0.717, 1.165) is 6.26 Å². The largest absolute Gasteiger partial charge is 0.493 e. The van der Waals surface area contributed by atoms with Gasteiger partial charge in [0, 0.05) is 6.42 Å². The molecule has 1 aromatic carbocycles. The molecule has 0 amide bonds. The normalized spacial score (nSPS) is 12.5. The third-order valence-corrected chi connectivity index (χ3v) is 3.83. The number of carbonyl (C=O) groups is 1. The van der Waals surface area contributed by atoms with Crippen LogP contribution in [0.5, 0.6) is 5.75 Å². The van der Waals surface area contributed by atoms with Gasteiger partial charge in [-0.2, -0.15) is 8.42 Å². The van der Waals surface area contributed by atoms with Crippen LogP contribution in [0.2, 0.25) is 0 Å². The molecule has 2 aromatic rings. The Bertz CT molecular complexity index is 785. The SMILES string of the molecule is CCOC(=O)C(Cc1ccc(OCCc2ncco2)cc1)OS(C)(=O)=O. The molecule has 8 nitrogen and oxygen atoms in total. The molecule has 0 saturated carbocycles. The fraction of sp³-hybridized carbons (Fsp3) is 0.412. The molecule has 0 spiro atoms. The van der Waals surface area contributed by atoms with Crippen LogP contribution in [-0.4, -0.2) is 44.9 Å². The van der Waals surface area contributed by atoms with Crippen molar-refractivity contribution in [3.05, 3.63) is 48.2 Å². The summed E-state index contributed by atoms with van der Waals surface area (Å²) in [6, 6.07) is 6.93. The van der Waals surface area contributed by atoms with Crippen LogP contribution in [0.4, 0.5) is 0 Å². The van der Waals surface area contributed by atoms with E-state index >= 15 is 0 Å². The van der Waals surface area contributed by atoms with Crippen molar-refractivity contribution in [3.63, 3.8) is 0 Å². The van der Waals surface area contributed by atoms with Crippen LogP contribution in [0.3, 0.4) is 0 Å². The highest BCUT2D eigenvalue weighted by Crippen LogP contribution is 2.16. The first-order valence-electron chi connectivity index (χ1n) is 8.02. The van der Waals surface area contributed by atoms with Gasteiger partial charge in [-0.05, 0) is 24.6 Å². The zero-order valence-corrected chi connectivity index (χ0v) is 15.4. The van der Waals surface area contributed by atoms with Gasteiger partial charge >= 0.3 is 5.97 Å². The second kappa shape index (κ2) is 9.35. The molecule has 0 bridgehead atoms. The Morgan fingerprint density at radius 2 is 2.00 bits per heavy atom. The summed E-state index contributed by atoms with van der Waals surface area (Å²) in [5.41, 5.74) is 0.715. The highest BCUT2D eigenvalue weighted by molar-refractivity contribution is 7.86. The molecule has 0 aliphatic carbocycles. The summed E-state index contributed by atoms with van der Waals surface area (Å²) in [5.74, 6) is 0.512. The summed E-state index contributed by atoms with van der Waals surface area (Å²) in [6.07, 6.45) is 3.36. The van der Waals surface area contributed by atoms with E-state index in [1.54, 1.807) is 37.4 Å². The molecule has 1 heterocycles. The quantitative estimate of drug-likeness (QED) is 0.451. The molecule has 0 fully saturated rings. The average Bonchev–Trinajstić information content (AvgIpc) is 3.08. The Balaban J connectivity index is 1.93. The number of esters is 1. The topological polar surface area (TPSA) is 105 Å². The van der Waals surface area contributed by atoms with Crippen LogP contribution in [0.1, 0.15) is 18.4 Å². The molecule has 142 valence electrons. The number of hydrogen-bond donors (Lipinski definition) is 0. The van der Waals surface area contributed by atoms with Crippen molar-refractivity contribution in [1.82, 2.24) is 4.98 Å². The summed E-state index contributed by atoms with van der Waals surface area (Å²) in [4.78, 5) is 15.9. The predicted molar refractivity (Wildman–Crippen MR) is 92.2 cm³/mol. The van der Waals surface area contributed by atoms with Gasteiger partial charge in [-0.15, -0.1) is 0 Å². The summed E-state index contributed by atoms with van der Waals surface area (Å²) in [5, 5.41) is 0. The maximum atomic E-state index is 11.9. The maximum absolute atomic E-state index is 11.9. The molecule has 0 radical (unpaired) electrons. The molecule has 1 aromatic heterocycles. The van der Waals surface area contributed by atoms with E-state index < -0.39 is 22.2 Å². The number of hydrogen-bond acceptors (Lipinski definition) is 8. The van der Waals surface area contributed by atoms with Crippen molar-refractivity contribution >= 4 is 16.1 Å². The molecular weight excluding hydrogens is 362 g/mol. The average molecular weight is 383 g/mol. The van der Waals surface area contributed by atoms with Gasteiger partial charge in [0.25, 0.3) is 10.1 Å². The molecule has 2 rings (SSSR count). The van der Waals surface area contributed by atoms with Gasteiger partial charge in [-0.1, -0.05) is 12.1 Å². The molecule has 1 unspecified atom stereocenters. The maximum Gasteiger partial charge on any atom is 0.337 e. The van der Waals surface area contributed by atoms with Crippen LogP contribution >= 0.6 is 0 Å². The number of rotatable bonds is 10. The Morgan fingerprint density at radius 1 is 1.27 bits per heavy atom. The number of benzene rings is 1. The van der Waals surface area contributed by atoms with Crippen LogP contribution in [0.15, 0.2) is 41.1 Å². The summed E-state index contributed by atoms with van der Waals surface area (Å²) in [7, 11) is -3.79. The molecule has 0 aliphatic heterocycles. The van der Waals surface area contributed by atoms with E-state index in [2.05, 4.69) is 4.98 Å². The van der Waals surface area contributed by atoms with Crippen LogP contribution in [0.25, 0.3) is 0 Å². The van der Waals surface area contributed by atoms with Crippen molar-refractivity contribution < 1.29 is 31.3 Å². The van der Waals surface area contributed by atoms with Crippen LogP contribution in [-0.2, 0) is 36.7 Å². The van der Waals surface area contributed by atoms with E-state index in [0.29, 0.717) is 30.2 Å². The van der Waals surface area contributed by atoms with E-state index in [9.17, 15) is 13.2 Å². The summed E-state index contributed by atoms with van der Waals surface area (Å²) >= 11 is 0. The van der Waals surface area contributed by atoms with Crippen molar-refractivity contribution in [2.45, 2.75) is 25.9 Å². The number of carbonyl (C=O) groups excluding carboxylic acids is 1. The molecule has 0 aliphatic rings. The zero-order valence-electron chi connectivity index (χ0n) is 14.6. The highest BCUT2D eigenvalue weighted by atomic mass is 32.2.